The molecule has 26 heavy (non-hydrogen) atoms. The summed E-state index contributed by atoms with van der Waals surface area (Å²) in [5.41, 5.74) is 0. The van der Waals surface area contributed by atoms with Crippen LogP contribution >= 0.6 is 11.8 Å². The van der Waals surface area contributed by atoms with Crippen LogP contribution in [0.1, 0.15) is 32.5 Å². The van der Waals surface area contributed by atoms with Gasteiger partial charge in [0.25, 0.3) is 0 Å². The molecule has 2 saturated heterocycles. The van der Waals surface area contributed by atoms with Crippen molar-refractivity contribution in [3.05, 3.63) is 5.82 Å². The second kappa shape index (κ2) is 7.88. The Kier molecular flexibility index (Phi) is 5.96. The van der Waals surface area contributed by atoms with Crippen molar-refractivity contribution in [3.63, 3.8) is 0 Å². The molecule has 9 heteroatoms. The number of thioether (sulfide) groups is 1. The molecular weight excluding hydrogens is 372 g/mol. The number of likely N-dealkylation sites (tertiary alicyclic amines) is 1. The normalized spacial score (nSPS) is 28.4. The van der Waals surface area contributed by atoms with E-state index in [0.29, 0.717) is 35.6 Å². The van der Waals surface area contributed by atoms with Gasteiger partial charge in [-0.1, -0.05) is 25.6 Å². The molecule has 0 spiro atoms. The summed E-state index contributed by atoms with van der Waals surface area (Å²) in [5.74, 6) is 3.06. The molecule has 0 N–H and O–H groups in total. The highest BCUT2D eigenvalue weighted by atomic mass is 32.2. The van der Waals surface area contributed by atoms with Crippen molar-refractivity contribution in [2.45, 2.75) is 38.3 Å². The summed E-state index contributed by atoms with van der Waals surface area (Å²) < 4.78 is 25.1. The minimum atomic E-state index is -2.88. The van der Waals surface area contributed by atoms with Crippen molar-refractivity contribution in [1.29, 1.82) is 0 Å². The topological polar surface area (TPSA) is 85.2 Å². The summed E-state index contributed by atoms with van der Waals surface area (Å²) >= 11 is 1.41. The summed E-state index contributed by atoms with van der Waals surface area (Å²) in [5, 5.41) is 9.13. The van der Waals surface area contributed by atoms with Crippen LogP contribution in [-0.4, -0.2) is 64.3 Å². The molecule has 7 nitrogen and oxygen atoms in total. The summed E-state index contributed by atoms with van der Waals surface area (Å²) in [7, 11) is -0.992. The standard InChI is InChI=1S/C17H28N4O3S2/c1-12-6-13(2)9-21(8-12)16(22)10-25-17-19-18-15(20(17)3)7-14-4-5-26(23,24)11-14/h12-14H,4-11H2,1-3H3/t12-,13-,14-/m0/s1. The molecule has 1 aromatic heterocycles. The average Bonchev–Trinajstić information content (AvgIpc) is 3.07. The molecule has 0 bridgehead atoms. The summed E-state index contributed by atoms with van der Waals surface area (Å²) in [6.07, 6.45) is 2.50. The fraction of sp³-hybridized carbons (Fsp3) is 0.824. The van der Waals surface area contributed by atoms with E-state index in [1.807, 2.05) is 16.5 Å². The first kappa shape index (κ1) is 19.7. The first-order valence-electron chi connectivity index (χ1n) is 9.22. The van der Waals surface area contributed by atoms with Crippen LogP contribution in [-0.2, 0) is 28.1 Å². The van der Waals surface area contributed by atoms with Crippen molar-refractivity contribution >= 4 is 27.5 Å². The van der Waals surface area contributed by atoms with Crippen LogP contribution in [0.15, 0.2) is 5.16 Å². The minimum Gasteiger partial charge on any atom is -0.341 e. The Morgan fingerprint density at radius 2 is 1.92 bits per heavy atom. The lowest BCUT2D eigenvalue weighted by molar-refractivity contribution is -0.130. The smallest absolute Gasteiger partial charge is 0.233 e. The van der Waals surface area contributed by atoms with Crippen molar-refractivity contribution < 1.29 is 13.2 Å². The molecule has 2 aliphatic heterocycles. The number of carbonyl (C=O) groups is 1. The van der Waals surface area contributed by atoms with E-state index < -0.39 is 9.84 Å². The van der Waals surface area contributed by atoms with Crippen molar-refractivity contribution in [2.75, 3.05) is 30.3 Å². The van der Waals surface area contributed by atoms with Crippen molar-refractivity contribution in [1.82, 2.24) is 19.7 Å². The molecule has 1 amide bonds. The minimum absolute atomic E-state index is 0.124. The van der Waals surface area contributed by atoms with Gasteiger partial charge in [-0.3, -0.25) is 4.79 Å². The van der Waals surface area contributed by atoms with E-state index in [0.717, 1.165) is 18.9 Å². The fourth-order valence-corrected chi connectivity index (χ4v) is 6.72. The van der Waals surface area contributed by atoms with Gasteiger partial charge < -0.3 is 9.47 Å². The molecule has 0 saturated carbocycles. The quantitative estimate of drug-likeness (QED) is 0.695. The number of rotatable bonds is 5. The largest absolute Gasteiger partial charge is 0.341 e. The van der Waals surface area contributed by atoms with Crippen molar-refractivity contribution in [2.24, 2.45) is 24.8 Å². The molecule has 0 unspecified atom stereocenters. The molecule has 2 fully saturated rings. The maximum atomic E-state index is 12.5. The molecule has 0 aliphatic carbocycles. The van der Waals surface area contributed by atoms with E-state index in [1.165, 1.54) is 18.2 Å². The van der Waals surface area contributed by atoms with Crippen LogP contribution in [0, 0.1) is 17.8 Å². The summed E-state index contributed by atoms with van der Waals surface area (Å²) in [4.78, 5) is 14.5. The van der Waals surface area contributed by atoms with Crippen LogP contribution in [0.5, 0.6) is 0 Å². The first-order valence-corrected chi connectivity index (χ1v) is 12.0. The maximum absolute atomic E-state index is 12.5. The van der Waals surface area contributed by atoms with E-state index in [-0.39, 0.29) is 23.3 Å². The molecular formula is C17H28N4O3S2. The number of piperidine rings is 1. The molecule has 3 atom stereocenters. The molecule has 0 radical (unpaired) electrons. The van der Waals surface area contributed by atoms with Crippen LogP contribution in [0.3, 0.4) is 0 Å². The highest BCUT2D eigenvalue weighted by Crippen LogP contribution is 2.25. The van der Waals surface area contributed by atoms with Crippen LogP contribution in [0.4, 0.5) is 0 Å². The third kappa shape index (κ3) is 4.79. The van der Waals surface area contributed by atoms with E-state index >= 15 is 0 Å². The Morgan fingerprint density at radius 3 is 2.54 bits per heavy atom. The Morgan fingerprint density at radius 1 is 1.23 bits per heavy atom. The van der Waals surface area contributed by atoms with E-state index in [9.17, 15) is 13.2 Å². The van der Waals surface area contributed by atoms with Gasteiger partial charge in [-0.25, -0.2) is 8.42 Å². The van der Waals surface area contributed by atoms with Gasteiger partial charge in [-0.2, -0.15) is 0 Å². The molecule has 146 valence electrons. The zero-order chi connectivity index (χ0) is 18.9. The van der Waals surface area contributed by atoms with E-state index in [1.54, 1.807) is 0 Å². The molecule has 0 aromatic carbocycles. The number of amides is 1. The van der Waals surface area contributed by atoms with Gasteiger partial charge in [0.05, 0.1) is 17.3 Å². The predicted molar refractivity (Wildman–Crippen MR) is 102 cm³/mol. The third-order valence-corrected chi connectivity index (χ3v) is 8.11. The molecule has 3 rings (SSSR count). The Labute approximate surface area is 159 Å². The number of hydrogen-bond acceptors (Lipinski definition) is 6. The lowest BCUT2D eigenvalue weighted by Crippen LogP contribution is -2.43. The van der Waals surface area contributed by atoms with Crippen molar-refractivity contribution in [3.8, 4) is 0 Å². The second-order valence-corrected chi connectivity index (χ2v) is 11.1. The SMILES string of the molecule is C[C@H]1C[C@H](C)CN(C(=O)CSc2nnc(C[C@@H]3CCS(=O)(=O)C3)n2C)C1. The van der Waals surface area contributed by atoms with Gasteiger partial charge in [0.2, 0.25) is 5.91 Å². The average molecular weight is 401 g/mol. The third-order valence-electron chi connectivity index (χ3n) is 5.27. The number of nitrogens with zero attached hydrogens (tertiary/aromatic N) is 4. The fourth-order valence-electron chi connectivity index (χ4n) is 4.02. The zero-order valence-electron chi connectivity index (χ0n) is 15.7. The van der Waals surface area contributed by atoms with Gasteiger partial charge in [0, 0.05) is 26.6 Å². The summed E-state index contributed by atoms with van der Waals surface area (Å²) in [6, 6.07) is 0. The first-order chi connectivity index (χ1) is 12.2. The number of hydrogen-bond donors (Lipinski definition) is 0. The molecule has 1 aromatic rings. The molecule has 3 heterocycles. The Bertz CT molecular complexity index is 752. The van der Waals surface area contributed by atoms with Crippen LogP contribution < -0.4 is 0 Å². The number of aromatic nitrogens is 3. The monoisotopic (exact) mass is 400 g/mol. The van der Waals surface area contributed by atoms with Gasteiger partial charge in [-0.15, -0.1) is 10.2 Å². The Balaban J connectivity index is 1.54. The number of carbonyl (C=O) groups excluding carboxylic acids is 1. The van der Waals surface area contributed by atoms with Gasteiger partial charge in [0.15, 0.2) is 15.0 Å². The second-order valence-electron chi connectivity index (χ2n) is 7.96. The lowest BCUT2D eigenvalue weighted by atomic mass is 9.92. The Hall–Kier alpha value is -1.09. The van der Waals surface area contributed by atoms with E-state index in [2.05, 4.69) is 24.0 Å². The molecule has 2 aliphatic rings. The van der Waals surface area contributed by atoms with Crippen LogP contribution in [0.2, 0.25) is 0 Å². The maximum Gasteiger partial charge on any atom is 0.233 e. The van der Waals surface area contributed by atoms with Gasteiger partial charge in [0.1, 0.15) is 5.82 Å². The predicted octanol–water partition coefficient (Wildman–Crippen LogP) is 1.39. The van der Waals surface area contributed by atoms with Gasteiger partial charge in [-0.05, 0) is 30.6 Å². The van der Waals surface area contributed by atoms with Gasteiger partial charge >= 0.3 is 0 Å². The highest BCUT2D eigenvalue weighted by Gasteiger charge is 2.29. The highest BCUT2D eigenvalue weighted by molar-refractivity contribution is 7.99. The van der Waals surface area contributed by atoms with E-state index in [4.69, 9.17) is 0 Å². The number of sulfone groups is 1. The zero-order valence-corrected chi connectivity index (χ0v) is 17.4. The summed E-state index contributed by atoms with van der Waals surface area (Å²) in [6.45, 7) is 6.07. The lowest BCUT2D eigenvalue weighted by Gasteiger charge is -2.34. The van der Waals surface area contributed by atoms with Crippen LogP contribution in [0.25, 0.3) is 0 Å².